The Morgan fingerprint density at radius 2 is 2.04 bits per heavy atom. The van der Waals surface area contributed by atoms with Gasteiger partial charge in [-0.25, -0.2) is 0 Å². The fourth-order valence-corrected chi connectivity index (χ4v) is 3.25. The molecule has 1 N–H and O–H groups in total. The van der Waals surface area contributed by atoms with Crippen LogP contribution in [-0.4, -0.2) is 42.8 Å². The highest BCUT2D eigenvalue weighted by Crippen LogP contribution is 2.38. The Balaban J connectivity index is 1.88. The number of aliphatic hydroxyl groups is 1. The van der Waals surface area contributed by atoms with Crippen LogP contribution in [0.2, 0.25) is 0 Å². The average Bonchev–Trinajstić information content (AvgIpc) is 2.95. The normalized spacial score (nSPS) is 14.5. The Labute approximate surface area is 154 Å². The summed E-state index contributed by atoms with van der Waals surface area (Å²) in [6.45, 7) is 5.36. The Morgan fingerprint density at radius 3 is 2.77 bits per heavy atom. The zero-order valence-corrected chi connectivity index (χ0v) is 15.5. The number of ether oxygens (including phenoxy) is 2. The molecule has 5 nitrogen and oxygen atoms in total. The van der Waals surface area contributed by atoms with Crippen molar-refractivity contribution in [3.8, 4) is 11.5 Å². The topological polar surface area (TPSA) is 59.0 Å². The maximum absolute atomic E-state index is 13.1. The van der Waals surface area contributed by atoms with Crippen LogP contribution >= 0.6 is 0 Å². The third kappa shape index (κ3) is 3.53. The second kappa shape index (κ2) is 7.38. The van der Waals surface area contributed by atoms with Crippen LogP contribution in [0.25, 0.3) is 0 Å². The molecule has 0 aliphatic carbocycles. The lowest BCUT2D eigenvalue weighted by Gasteiger charge is -2.24. The highest BCUT2D eigenvalue weighted by molar-refractivity contribution is 5.94. The maximum Gasteiger partial charge on any atom is 0.254 e. The van der Waals surface area contributed by atoms with Gasteiger partial charge in [-0.2, -0.15) is 0 Å². The minimum Gasteiger partial charge on any atom is -0.496 e. The first kappa shape index (κ1) is 18.3. The van der Waals surface area contributed by atoms with E-state index in [0.29, 0.717) is 18.7 Å². The summed E-state index contributed by atoms with van der Waals surface area (Å²) in [5.41, 5.74) is 2.44. The van der Waals surface area contributed by atoms with Crippen LogP contribution in [0.1, 0.15) is 35.3 Å². The van der Waals surface area contributed by atoms with E-state index in [1.807, 2.05) is 36.4 Å². The molecule has 0 unspecified atom stereocenters. The van der Waals surface area contributed by atoms with Gasteiger partial charge >= 0.3 is 0 Å². The van der Waals surface area contributed by atoms with Crippen molar-refractivity contribution in [2.45, 2.75) is 25.8 Å². The Kier molecular flexibility index (Phi) is 5.18. The van der Waals surface area contributed by atoms with E-state index in [2.05, 4.69) is 13.8 Å². The number of hydrogen-bond donors (Lipinski definition) is 1. The SMILES string of the molecule is COc1ccccc1CN(CCO)C(=O)c1ccc2c(c1)C(C)(C)CO2. The van der Waals surface area contributed by atoms with Crippen LogP contribution in [-0.2, 0) is 12.0 Å². The fourth-order valence-electron chi connectivity index (χ4n) is 3.25. The van der Waals surface area contributed by atoms with Gasteiger partial charge in [-0.1, -0.05) is 32.0 Å². The summed E-state index contributed by atoms with van der Waals surface area (Å²) >= 11 is 0. The number of methoxy groups -OCH3 is 1. The number of fused-ring (bicyclic) bond motifs is 1. The summed E-state index contributed by atoms with van der Waals surface area (Å²) in [5, 5.41) is 9.43. The van der Waals surface area contributed by atoms with Gasteiger partial charge in [0.15, 0.2) is 0 Å². The van der Waals surface area contributed by atoms with E-state index in [-0.39, 0.29) is 24.5 Å². The van der Waals surface area contributed by atoms with Crippen molar-refractivity contribution in [1.82, 2.24) is 4.90 Å². The van der Waals surface area contributed by atoms with Crippen molar-refractivity contribution in [3.63, 3.8) is 0 Å². The second-order valence-electron chi connectivity index (χ2n) is 7.15. The number of hydrogen-bond acceptors (Lipinski definition) is 4. The molecule has 0 spiro atoms. The third-order valence-corrected chi connectivity index (χ3v) is 4.76. The van der Waals surface area contributed by atoms with Gasteiger partial charge in [-0.3, -0.25) is 4.79 Å². The molecule has 1 aliphatic rings. The molecular formula is C21H25NO4. The molecule has 3 rings (SSSR count). The van der Waals surface area contributed by atoms with Crippen LogP contribution in [0.4, 0.5) is 0 Å². The third-order valence-electron chi connectivity index (χ3n) is 4.76. The highest BCUT2D eigenvalue weighted by Gasteiger charge is 2.32. The molecule has 0 bridgehead atoms. The van der Waals surface area contributed by atoms with Gasteiger partial charge in [0.25, 0.3) is 5.91 Å². The molecule has 138 valence electrons. The smallest absolute Gasteiger partial charge is 0.254 e. The minimum atomic E-state index is -0.115. The number of nitrogens with zero attached hydrogens (tertiary/aromatic N) is 1. The van der Waals surface area contributed by atoms with Crippen molar-refractivity contribution in [2.75, 3.05) is 26.9 Å². The van der Waals surface area contributed by atoms with Gasteiger partial charge in [0, 0.05) is 35.2 Å². The molecule has 0 saturated carbocycles. The predicted molar refractivity (Wildman–Crippen MR) is 99.8 cm³/mol. The summed E-state index contributed by atoms with van der Waals surface area (Å²) in [4.78, 5) is 14.7. The van der Waals surface area contributed by atoms with Gasteiger partial charge in [-0.15, -0.1) is 0 Å². The van der Waals surface area contributed by atoms with Crippen LogP contribution < -0.4 is 9.47 Å². The Bertz CT molecular complexity index is 800. The lowest BCUT2D eigenvalue weighted by atomic mass is 9.86. The monoisotopic (exact) mass is 355 g/mol. The number of carbonyl (C=O) groups excluding carboxylic acids is 1. The van der Waals surface area contributed by atoms with Gasteiger partial charge in [0.2, 0.25) is 0 Å². The molecular weight excluding hydrogens is 330 g/mol. The van der Waals surface area contributed by atoms with Gasteiger partial charge in [-0.05, 0) is 24.3 Å². The first-order valence-electron chi connectivity index (χ1n) is 8.75. The van der Waals surface area contributed by atoms with Gasteiger partial charge in [0.05, 0.1) is 20.3 Å². The van der Waals surface area contributed by atoms with Crippen LogP contribution in [0.5, 0.6) is 11.5 Å². The van der Waals surface area contributed by atoms with Crippen LogP contribution in [0, 0.1) is 0 Å². The van der Waals surface area contributed by atoms with E-state index in [0.717, 1.165) is 22.6 Å². The molecule has 1 amide bonds. The average molecular weight is 355 g/mol. The van der Waals surface area contributed by atoms with Crippen molar-refractivity contribution >= 4 is 5.91 Å². The minimum absolute atomic E-state index is 0.0968. The second-order valence-corrected chi connectivity index (χ2v) is 7.15. The summed E-state index contributed by atoms with van der Waals surface area (Å²) < 4.78 is 11.1. The van der Waals surface area contributed by atoms with Crippen molar-refractivity contribution in [2.24, 2.45) is 0 Å². The molecule has 5 heteroatoms. The van der Waals surface area contributed by atoms with Crippen LogP contribution in [0.3, 0.4) is 0 Å². The zero-order chi connectivity index (χ0) is 18.7. The molecule has 2 aromatic carbocycles. The van der Waals surface area contributed by atoms with Gasteiger partial charge < -0.3 is 19.5 Å². The van der Waals surface area contributed by atoms with E-state index in [9.17, 15) is 9.90 Å². The quantitative estimate of drug-likeness (QED) is 0.865. The predicted octanol–water partition coefficient (Wildman–Crippen LogP) is 3.00. The van der Waals surface area contributed by atoms with E-state index in [1.165, 1.54) is 0 Å². The maximum atomic E-state index is 13.1. The van der Waals surface area contributed by atoms with Crippen LogP contribution in [0.15, 0.2) is 42.5 Å². The van der Waals surface area contributed by atoms with E-state index < -0.39 is 0 Å². The molecule has 0 aromatic heterocycles. The van der Waals surface area contributed by atoms with Gasteiger partial charge in [0.1, 0.15) is 11.5 Å². The lowest BCUT2D eigenvalue weighted by Crippen LogP contribution is -2.33. The van der Waals surface area contributed by atoms with E-state index in [1.54, 1.807) is 18.1 Å². The Hall–Kier alpha value is -2.53. The summed E-state index contributed by atoms with van der Waals surface area (Å²) in [6.07, 6.45) is 0. The molecule has 0 radical (unpaired) electrons. The number of rotatable bonds is 6. The fraction of sp³-hybridized carbons (Fsp3) is 0.381. The van der Waals surface area contributed by atoms with Crippen molar-refractivity contribution in [1.29, 1.82) is 0 Å². The molecule has 1 aliphatic heterocycles. The number of aliphatic hydroxyl groups excluding tert-OH is 1. The van der Waals surface area contributed by atoms with Crippen molar-refractivity contribution in [3.05, 3.63) is 59.2 Å². The standard InChI is InChI=1S/C21H25NO4/c1-21(2)14-26-19-9-8-15(12-17(19)21)20(24)22(10-11-23)13-16-6-4-5-7-18(16)25-3/h4-9,12,23H,10-11,13-14H2,1-3H3. The summed E-state index contributed by atoms with van der Waals surface area (Å²) in [6, 6.07) is 13.2. The van der Waals surface area contributed by atoms with Crippen molar-refractivity contribution < 1.29 is 19.4 Å². The lowest BCUT2D eigenvalue weighted by molar-refractivity contribution is 0.0706. The molecule has 1 heterocycles. The number of carbonyl (C=O) groups is 1. The molecule has 0 fully saturated rings. The highest BCUT2D eigenvalue weighted by atomic mass is 16.5. The molecule has 2 aromatic rings. The zero-order valence-electron chi connectivity index (χ0n) is 15.5. The number of benzene rings is 2. The number of para-hydroxylation sites is 1. The van der Waals surface area contributed by atoms with E-state index in [4.69, 9.17) is 9.47 Å². The molecule has 0 atom stereocenters. The summed E-state index contributed by atoms with van der Waals surface area (Å²) in [7, 11) is 1.61. The first-order chi connectivity index (χ1) is 12.5. The van der Waals surface area contributed by atoms with E-state index >= 15 is 0 Å². The molecule has 26 heavy (non-hydrogen) atoms. The Morgan fingerprint density at radius 1 is 1.27 bits per heavy atom. The number of amides is 1. The molecule has 0 saturated heterocycles. The summed E-state index contributed by atoms with van der Waals surface area (Å²) in [5.74, 6) is 1.45. The first-order valence-corrected chi connectivity index (χ1v) is 8.75. The largest absolute Gasteiger partial charge is 0.496 e.